The predicted molar refractivity (Wildman–Crippen MR) is 169 cm³/mol. The van der Waals surface area contributed by atoms with E-state index in [1.165, 1.54) is 13.2 Å². The van der Waals surface area contributed by atoms with Crippen LogP contribution in [0, 0.1) is 5.82 Å². The maximum Gasteiger partial charge on any atom is 0.241 e. The van der Waals surface area contributed by atoms with Crippen LogP contribution in [0.15, 0.2) is 108 Å². The molecule has 6 aromatic rings. The van der Waals surface area contributed by atoms with Gasteiger partial charge in [-0.15, -0.1) is 0 Å². The Hall–Kier alpha value is -5.13. The summed E-state index contributed by atoms with van der Waals surface area (Å²) in [5, 5.41) is 4.72. The highest BCUT2D eigenvalue weighted by Crippen LogP contribution is 2.34. The summed E-state index contributed by atoms with van der Waals surface area (Å²) >= 11 is 0. The fourth-order valence-corrected chi connectivity index (χ4v) is 6.20. The highest BCUT2D eigenvalue weighted by Gasteiger charge is 2.19. The zero-order chi connectivity index (χ0) is 30.5. The molecular weight excluding hydrogens is 579 g/mol. The molecule has 0 atom stereocenters. The van der Waals surface area contributed by atoms with Gasteiger partial charge in [-0.25, -0.2) is 32.5 Å². The van der Waals surface area contributed by atoms with E-state index in [-0.39, 0.29) is 17.2 Å². The number of methoxy groups -OCH3 is 1. The number of halogens is 1. The predicted octanol–water partition coefficient (Wildman–Crippen LogP) is 6.28. The minimum atomic E-state index is -3.69. The van der Waals surface area contributed by atoms with Crippen molar-refractivity contribution in [3.05, 3.63) is 109 Å². The number of anilines is 1. The van der Waals surface area contributed by atoms with Gasteiger partial charge < -0.3 is 15.0 Å². The molecule has 2 aromatic heterocycles. The van der Waals surface area contributed by atoms with Crippen molar-refractivity contribution in [2.45, 2.75) is 11.3 Å². The summed E-state index contributed by atoms with van der Waals surface area (Å²) in [5.41, 5.74) is 3.32. The number of rotatable bonds is 11. The van der Waals surface area contributed by atoms with Crippen LogP contribution in [0.4, 0.5) is 10.3 Å². The van der Waals surface area contributed by atoms with Crippen molar-refractivity contribution in [1.82, 2.24) is 24.7 Å². The summed E-state index contributed by atoms with van der Waals surface area (Å²) in [7, 11) is -2.27. The summed E-state index contributed by atoms with van der Waals surface area (Å²) in [6.45, 7) is 0.664. The highest BCUT2D eigenvalue weighted by atomic mass is 32.2. The molecule has 0 amide bonds. The standard InChI is InChI=1S/C33H29FN6O3S/c1-43-28-21-24(15-16-26(28)34)30-31(40-32(39-30)23-10-3-2-4-11-23)27-17-20-36-33(38-27)35-18-8-19-37-44(41,42)29-14-7-12-22-9-5-6-13-25(22)29/h2-7,9-17,20-21,37H,8,18-19H2,1H3,(H,39,40)(H,35,36,38). The van der Waals surface area contributed by atoms with Crippen molar-refractivity contribution in [2.75, 3.05) is 25.5 Å². The van der Waals surface area contributed by atoms with E-state index < -0.39 is 15.8 Å². The lowest BCUT2D eigenvalue weighted by Gasteiger charge is -2.10. The van der Waals surface area contributed by atoms with Crippen LogP contribution in [0.25, 0.3) is 44.8 Å². The fourth-order valence-electron chi connectivity index (χ4n) is 4.89. The van der Waals surface area contributed by atoms with Crippen LogP contribution >= 0.6 is 0 Å². The number of benzene rings is 4. The van der Waals surface area contributed by atoms with Gasteiger partial charge in [0.25, 0.3) is 0 Å². The average Bonchev–Trinajstić information content (AvgIpc) is 3.51. The Morgan fingerprint density at radius 3 is 2.50 bits per heavy atom. The molecule has 44 heavy (non-hydrogen) atoms. The number of ether oxygens (including phenoxy) is 1. The molecule has 3 N–H and O–H groups in total. The van der Waals surface area contributed by atoms with Gasteiger partial charge in [-0.2, -0.15) is 0 Å². The van der Waals surface area contributed by atoms with E-state index in [0.717, 1.165) is 10.9 Å². The number of aromatic nitrogens is 4. The van der Waals surface area contributed by atoms with Crippen LogP contribution in [0.2, 0.25) is 0 Å². The Bertz CT molecular complexity index is 2030. The van der Waals surface area contributed by atoms with E-state index in [2.05, 4.69) is 25.0 Å². The zero-order valence-electron chi connectivity index (χ0n) is 23.8. The summed E-state index contributed by atoms with van der Waals surface area (Å²) in [6.07, 6.45) is 2.13. The molecule has 0 fully saturated rings. The zero-order valence-corrected chi connectivity index (χ0v) is 24.6. The molecule has 0 aliphatic carbocycles. The summed E-state index contributed by atoms with van der Waals surface area (Å²) < 4.78 is 48.1. The van der Waals surface area contributed by atoms with E-state index in [4.69, 9.17) is 9.72 Å². The molecule has 0 bridgehead atoms. The molecule has 0 aliphatic heterocycles. The van der Waals surface area contributed by atoms with Crippen molar-refractivity contribution in [2.24, 2.45) is 0 Å². The third kappa shape index (κ3) is 6.14. The topological polar surface area (TPSA) is 122 Å². The fraction of sp³-hybridized carbons (Fsp3) is 0.121. The molecule has 11 heteroatoms. The first-order valence-corrected chi connectivity index (χ1v) is 15.5. The lowest BCUT2D eigenvalue weighted by Crippen LogP contribution is -2.26. The van der Waals surface area contributed by atoms with Gasteiger partial charge in [0.15, 0.2) is 11.6 Å². The van der Waals surface area contributed by atoms with Gasteiger partial charge in [-0.05, 0) is 42.1 Å². The van der Waals surface area contributed by atoms with Gasteiger partial charge in [0.05, 0.1) is 29.1 Å². The van der Waals surface area contributed by atoms with Crippen LogP contribution in [0.5, 0.6) is 5.75 Å². The number of sulfonamides is 1. The minimum Gasteiger partial charge on any atom is -0.494 e. The molecule has 0 saturated carbocycles. The van der Waals surface area contributed by atoms with Crippen molar-refractivity contribution < 1.29 is 17.5 Å². The molecule has 2 heterocycles. The molecule has 0 spiro atoms. The summed E-state index contributed by atoms with van der Waals surface area (Å²) in [4.78, 5) is 17.5. The Morgan fingerprint density at radius 2 is 1.66 bits per heavy atom. The molecular formula is C33H29FN6O3S. The van der Waals surface area contributed by atoms with Gasteiger partial charge in [-0.3, -0.25) is 0 Å². The van der Waals surface area contributed by atoms with E-state index in [0.29, 0.717) is 52.8 Å². The van der Waals surface area contributed by atoms with Crippen LogP contribution in [0.1, 0.15) is 6.42 Å². The lowest BCUT2D eigenvalue weighted by molar-refractivity contribution is 0.387. The van der Waals surface area contributed by atoms with Crippen LogP contribution in [-0.4, -0.2) is 48.6 Å². The lowest BCUT2D eigenvalue weighted by atomic mass is 10.1. The Kier molecular flexibility index (Phi) is 8.31. The van der Waals surface area contributed by atoms with E-state index in [9.17, 15) is 12.8 Å². The monoisotopic (exact) mass is 608 g/mol. The second kappa shape index (κ2) is 12.6. The van der Waals surface area contributed by atoms with Gasteiger partial charge >= 0.3 is 0 Å². The quantitative estimate of drug-likeness (QED) is 0.148. The number of hydrogen-bond donors (Lipinski definition) is 3. The number of hydrogen-bond acceptors (Lipinski definition) is 7. The number of nitrogens with zero attached hydrogens (tertiary/aromatic N) is 3. The smallest absolute Gasteiger partial charge is 0.241 e. The second-order valence-corrected chi connectivity index (χ2v) is 11.7. The van der Waals surface area contributed by atoms with Crippen molar-refractivity contribution in [3.8, 4) is 39.8 Å². The van der Waals surface area contributed by atoms with Gasteiger partial charge in [-0.1, -0.05) is 66.7 Å². The molecule has 9 nitrogen and oxygen atoms in total. The first-order chi connectivity index (χ1) is 21.4. The van der Waals surface area contributed by atoms with Crippen molar-refractivity contribution in [1.29, 1.82) is 0 Å². The molecule has 0 unspecified atom stereocenters. The number of fused-ring (bicyclic) bond motifs is 1. The third-order valence-electron chi connectivity index (χ3n) is 7.06. The number of H-pyrrole nitrogens is 1. The van der Waals surface area contributed by atoms with Crippen molar-refractivity contribution in [3.63, 3.8) is 0 Å². The second-order valence-electron chi connectivity index (χ2n) is 9.95. The van der Waals surface area contributed by atoms with E-state index >= 15 is 0 Å². The normalized spacial score (nSPS) is 11.5. The van der Waals surface area contributed by atoms with Crippen LogP contribution < -0.4 is 14.8 Å². The minimum absolute atomic E-state index is 0.110. The third-order valence-corrected chi connectivity index (χ3v) is 8.57. The van der Waals surface area contributed by atoms with Crippen LogP contribution in [-0.2, 0) is 10.0 Å². The number of nitrogens with one attached hydrogen (secondary N) is 3. The highest BCUT2D eigenvalue weighted by molar-refractivity contribution is 7.89. The largest absolute Gasteiger partial charge is 0.494 e. The Morgan fingerprint density at radius 1 is 0.864 bits per heavy atom. The molecule has 6 rings (SSSR count). The number of imidazole rings is 1. The van der Waals surface area contributed by atoms with E-state index in [1.807, 2.05) is 54.6 Å². The number of aromatic amines is 1. The molecule has 0 aliphatic rings. The maximum absolute atomic E-state index is 14.2. The molecule has 222 valence electrons. The summed E-state index contributed by atoms with van der Waals surface area (Å²) in [5.74, 6) is 0.645. The maximum atomic E-state index is 14.2. The van der Waals surface area contributed by atoms with E-state index in [1.54, 1.807) is 42.6 Å². The Labute approximate surface area is 254 Å². The summed E-state index contributed by atoms with van der Waals surface area (Å²) in [6, 6.07) is 28.6. The van der Waals surface area contributed by atoms with Gasteiger partial charge in [0, 0.05) is 35.8 Å². The molecule has 0 saturated heterocycles. The van der Waals surface area contributed by atoms with Gasteiger partial charge in [0.2, 0.25) is 16.0 Å². The SMILES string of the molecule is COc1cc(-c2nc(-c3ccccc3)[nH]c2-c2ccnc(NCCCNS(=O)(=O)c3cccc4ccccc34)n2)ccc1F. The van der Waals surface area contributed by atoms with Crippen LogP contribution in [0.3, 0.4) is 0 Å². The van der Waals surface area contributed by atoms with Crippen molar-refractivity contribution >= 4 is 26.7 Å². The molecule has 4 aromatic carbocycles. The average molecular weight is 609 g/mol. The molecule has 0 radical (unpaired) electrons. The first kappa shape index (κ1) is 29.0. The first-order valence-electron chi connectivity index (χ1n) is 14.0. The van der Waals surface area contributed by atoms with Gasteiger partial charge in [0.1, 0.15) is 5.82 Å². The Balaban J connectivity index is 1.18.